The lowest BCUT2D eigenvalue weighted by Gasteiger charge is -2.26. The molecule has 0 aromatic heterocycles. The van der Waals surface area contributed by atoms with E-state index in [0.29, 0.717) is 11.3 Å². The number of allylic oxidation sites excluding steroid dienone is 1. The molecule has 0 bridgehead atoms. The maximum atomic E-state index is 6.19. The van der Waals surface area contributed by atoms with Crippen LogP contribution in [0.15, 0.2) is 12.2 Å². The van der Waals surface area contributed by atoms with E-state index in [1.807, 2.05) is 0 Å². The van der Waals surface area contributed by atoms with Gasteiger partial charge in [0, 0.05) is 5.38 Å². The molecule has 0 saturated heterocycles. The van der Waals surface area contributed by atoms with Gasteiger partial charge in [0.25, 0.3) is 0 Å². The number of rotatable bonds is 2. The molecule has 1 aliphatic rings. The number of hydrogen-bond donors (Lipinski definition) is 0. The summed E-state index contributed by atoms with van der Waals surface area (Å²) in [5.41, 5.74) is 1.28. The quantitative estimate of drug-likeness (QED) is 0.440. The summed E-state index contributed by atoms with van der Waals surface area (Å²) in [6.45, 7) is 6.02. The second-order valence-electron chi connectivity index (χ2n) is 3.72. The minimum Gasteiger partial charge on any atom is -0.123 e. The third kappa shape index (κ3) is 2.86. The summed E-state index contributed by atoms with van der Waals surface area (Å²) >= 11 is 6.19. The first-order chi connectivity index (χ1) is 5.20. The molecule has 0 aromatic rings. The molecular weight excluding hydrogens is 156 g/mol. The summed E-state index contributed by atoms with van der Waals surface area (Å²) in [5, 5.41) is 0.417. The van der Waals surface area contributed by atoms with Crippen LogP contribution in [0.2, 0.25) is 0 Å². The summed E-state index contributed by atoms with van der Waals surface area (Å²) < 4.78 is 0. The van der Waals surface area contributed by atoms with Gasteiger partial charge in [-0.05, 0) is 32.1 Å². The van der Waals surface area contributed by atoms with Crippen LogP contribution < -0.4 is 0 Å². The van der Waals surface area contributed by atoms with E-state index in [2.05, 4.69) is 13.5 Å². The molecule has 0 aromatic carbocycles. The Balaban J connectivity index is 2.35. The van der Waals surface area contributed by atoms with Gasteiger partial charge in [0.1, 0.15) is 0 Å². The molecule has 1 heteroatoms. The zero-order chi connectivity index (χ0) is 8.27. The van der Waals surface area contributed by atoms with Gasteiger partial charge in [-0.1, -0.05) is 18.4 Å². The number of halogens is 1. The minimum absolute atomic E-state index is 0.417. The van der Waals surface area contributed by atoms with Crippen molar-refractivity contribution in [1.82, 2.24) is 0 Å². The van der Waals surface area contributed by atoms with Gasteiger partial charge in [-0.3, -0.25) is 0 Å². The fourth-order valence-corrected chi connectivity index (χ4v) is 2.21. The lowest BCUT2D eigenvalue weighted by atomic mass is 9.85. The molecule has 0 nitrogen and oxygen atoms in total. The Morgan fingerprint density at radius 3 is 2.64 bits per heavy atom. The van der Waals surface area contributed by atoms with Gasteiger partial charge >= 0.3 is 0 Å². The Kier molecular flexibility index (Phi) is 3.45. The Labute approximate surface area is 74.6 Å². The molecule has 0 aliphatic heterocycles. The minimum atomic E-state index is 0.417. The summed E-state index contributed by atoms with van der Waals surface area (Å²) in [4.78, 5) is 0. The van der Waals surface area contributed by atoms with Crippen LogP contribution in [0.5, 0.6) is 0 Å². The van der Waals surface area contributed by atoms with Crippen LogP contribution in [0.1, 0.15) is 39.0 Å². The molecule has 0 N–H and O–H groups in total. The van der Waals surface area contributed by atoms with E-state index in [9.17, 15) is 0 Å². The van der Waals surface area contributed by atoms with Crippen LogP contribution in [0.3, 0.4) is 0 Å². The van der Waals surface area contributed by atoms with Gasteiger partial charge in [0.15, 0.2) is 0 Å². The van der Waals surface area contributed by atoms with Crippen molar-refractivity contribution in [2.75, 3.05) is 0 Å². The SMILES string of the molecule is C=C(C)CC1CCCCC1Cl. The zero-order valence-corrected chi connectivity index (χ0v) is 8.03. The standard InChI is InChI=1S/C10H17Cl/c1-8(2)7-9-5-3-4-6-10(9)11/h9-10H,1,3-7H2,2H3. The first-order valence-electron chi connectivity index (χ1n) is 4.48. The molecule has 1 saturated carbocycles. The summed E-state index contributed by atoms with van der Waals surface area (Å²) in [5.74, 6) is 0.711. The van der Waals surface area contributed by atoms with E-state index in [0.717, 1.165) is 6.42 Å². The first kappa shape index (κ1) is 9.12. The average Bonchev–Trinajstić information content (AvgIpc) is 1.93. The number of alkyl halides is 1. The molecule has 1 rings (SSSR count). The lowest BCUT2D eigenvalue weighted by molar-refractivity contribution is 0.363. The molecule has 0 radical (unpaired) electrons. The van der Waals surface area contributed by atoms with Crippen molar-refractivity contribution in [2.45, 2.75) is 44.4 Å². The molecule has 64 valence electrons. The number of hydrogen-bond acceptors (Lipinski definition) is 0. The van der Waals surface area contributed by atoms with E-state index in [-0.39, 0.29) is 0 Å². The molecule has 2 atom stereocenters. The summed E-state index contributed by atoms with van der Waals surface area (Å²) in [7, 11) is 0. The van der Waals surface area contributed by atoms with Crippen molar-refractivity contribution >= 4 is 11.6 Å². The fourth-order valence-electron chi connectivity index (χ4n) is 1.84. The average molecular weight is 173 g/mol. The van der Waals surface area contributed by atoms with Gasteiger partial charge < -0.3 is 0 Å². The lowest BCUT2D eigenvalue weighted by Crippen LogP contribution is -2.19. The molecule has 2 unspecified atom stereocenters. The van der Waals surface area contributed by atoms with Crippen molar-refractivity contribution in [2.24, 2.45) is 5.92 Å². The van der Waals surface area contributed by atoms with Crippen molar-refractivity contribution in [1.29, 1.82) is 0 Å². The highest BCUT2D eigenvalue weighted by molar-refractivity contribution is 6.20. The van der Waals surface area contributed by atoms with Crippen LogP contribution in [-0.4, -0.2) is 5.38 Å². The molecule has 1 fully saturated rings. The van der Waals surface area contributed by atoms with E-state index >= 15 is 0 Å². The van der Waals surface area contributed by atoms with Crippen LogP contribution >= 0.6 is 11.6 Å². The topological polar surface area (TPSA) is 0 Å². The van der Waals surface area contributed by atoms with E-state index in [1.54, 1.807) is 0 Å². The Bertz CT molecular complexity index is 140. The van der Waals surface area contributed by atoms with E-state index in [1.165, 1.54) is 31.3 Å². The Morgan fingerprint density at radius 1 is 1.45 bits per heavy atom. The third-order valence-electron chi connectivity index (χ3n) is 2.43. The second kappa shape index (κ2) is 4.15. The van der Waals surface area contributed by atoms with Gasteiger partial charge in [0.2, 0.25) is 0 Å². The van der Waals surface area contributed by atoms with Crippen molar-refractivity contribution in [3.05, 3.63) is 12.2 Å². The van der Waals surface area contributed by atoms with Crippen LogP contribution in [0, 0.1) is 5.92 Å². The van der Waals surface area contributed by atoms with Crippen molar-refractivity contribution in [3.8, 4) is 0 Å². The maximum Gasteiger partial charge on any atom is 0.0367 e. The molecule has 0 heterocycles. The highest BCUT2D eigenvalue weighted by atomic mass is 35.5. The first-order valence-corrected chi connectivity index (χ1v) is 4.92. The van der Waals surface area contributed by atoms with Gasteiger partial charge in [-0.15, -0.1) is 18.2 Å². The highest BCUT2D eigenvalue weighted by Crippen LogP contribution is 2.32. The van der Waals surface area contributed by atoms with Crippen molar-refractivity contribution < 1.29 is 0 Å². The van der Waals surface area contributed by atoms with Gasteiger partial charge in [-0.2, -0.15) is 0 Å². The molecule has 0 spiro atoms. The van der Waals surface area contributed by atoms with Gasteiger partial charge in [-0.25, -0.2) is 0 Å². The maximum absolute atomic E-state index is 6.19. The Hall–Kier alpha value is 0.0300. The highest BCUT2D eigenvalue weighted by Gasteiger charge is 2.22. The predicted molar refractivity (Wildman–Crippen MR) is 51.0 cm³/mol. The van der Waals surface area contributed by atoms with Gasteiger partial charge in [0.05, 0.1) is 0 Å². The molecule has 11 heavy (non-hydrogen) atoms. The summed E-state index contributed by atoms with van der Waals surface area (Å²) in [6, 6.07) is 0. The fraction of sp³-hybridized carbons (Fsp3) is 0.800. The summed E-state index contributed by atoms with van der Waals surface area (Å²) in [6.07, 6.45) is 6.33. The van der Waals surface area contributed by atoms with E-state index in [4.69, 9.17) is 11.6 Å². The van der Waals surface area contributed by atoms with Crippen LogP contribution in [0.4, 0.5) is 0 Å². The normalized spacial score (nSPS) is 31.8. The zero-order valence-electron chi connectivity index (χ0n) is 7.28. The third-order valence-corrected chi connectivity index (χ3v) is 3.00. The van der Waals surface area contributed by atoms with Crippen LogP contribution in [-0.2, 0) is 0 Å². The smallest absolute Gasteiger partial charge is 0.0367 e. The largest absolute Gasteiger partial charge is 0.123 e. The monoisotopic (exact) mass is 172 g/mol. The van der Waals surface area contributed by atoms with E-state index < -0.39 is 0 Å². The van der Waals surface area contributed by atoms with Crippen LogP contribution in [0.25, 0.3) is 0 Å². The van der Waals surface area contributed by atoms with Crippen molar-refractivity contribution in [3.63, 3.8) is 0 Å². The molecule has 0 amide bonds. The Morgan fingerprint density at radius 2 is 2.09 bits per heavy atom. The molecule has 1 aliphatic carbocycles. The predicted octanol–water partition coefficient (Wildman–Crippen LogP) is 3.75. The second-order valence-corrected chi connectivity index (χ2v) is 4.28. The molecular formula is C10H17Cl.